The molecule has 2 rings (SSSR count). The van der Waals surface area contributed by atoms with E-state index in [0.717, 1.165) is 32.4 Å². The van der Waals surface area contributed by atoms with Gasteiger partial charge in [-0.1, -0.05) is 25.1 Å². The van der Waals surface area contributed by atoms with Crippen LogP contribution in [0.2, 0.25) is 0 Å². The summed E-state index contributed by atoms with van der Waals surface area (Å²) >= 11 is 0. The van der Waals surface area contributed by atoms with Gasteiger partial charge < -0.3 is 15.3 Å². The Morgan fingerprint density at radius 1 is 1.38 bits per heavy atom. The van der Waals surface area contributed by atoms with Crippen molar-refractivity contribution in [2.45, 2.75) is 45.1 Å². The number of carbonyl (C=O) groups is 1. The molecule has 116 valence electrons. The van der Waals surface area contributed by atoms with E-state index in [1.54, 1.807) is 6.92 Å². The van der Waals surface area contributed by atoms with Crippen molar-refractivity contribution >= 4 is 11.7 Å². The quantitative estimate of drug-likeness (QED) is 0.723. The first kappa shape index (κ1) is 15.8. The van der Waals surface area contributed by atoms with Gasteiger partial charge in [-0.2, -0.15) is 0 Å². The third-order valence-corrected chi connectivity index (χ3v) is 4.38. The average Bonchev–Trinajstić information content (AvgIpc) is 2.87. The van der Waals surface area contributed by atoms with Crippen LogP contribution in [0, 0.1) is 0 Å². The van der Waals surface area contributed by atoms with Crippen LogP contribution in [0.5, 0.6) is 0 Å². The summed E-state index contributed by atoms with van der Waals surface area (Å²) in [6.45, 7) is 6.51. The average molecular weight is 290 g/mol. The van der Waals surface area contributed by atoms with Crippen LogP contribution < -0.4 is 10.2 Å². The zero-order valence-electron chi connectivity index (χ0n) is 13.1. The number of aliphatic carboxylic acids is 1. The summed E-state index contributed by atoms with van der Waals surface area (Å²) in [4.78, 5) is 13.8. The highest BCUT2D eigenvalue weighted by Crippen LogP contribution is 2.27. The predicted octanol–water partition coefficient (Wildman–Crippen LogP) is 2.67. The number of nitrogens with one attached hydrogen (secondary N) is 1. The van der Waals surface area contributed by atoms with Crippen molar-refractivity contribution in [2.24, 2.45) is 0 Å². The van der Waals surface area contributed by atoms with E-state index >= 15 is 0 Å². The molecule has 1 aliphatic heterocycles. The van der Waals surface area contributed by atoms with Crippen molar-refractivity contribution in [1.82, 2.24) is 5.32 Å². The van der Waals surface area contributed by atoms with E-state index in [1.807, 2.05) is 6.92 Å². The topological polar surface area (TPSA) is 52.6 Å². The van der Waals surface area contributed by atoms with E-state index in [9.17, 15) is 9.90 Å². The molecular weight excluding hydrogens is 264 g/mol. The lowest BCUT2D eigenvalue weighted by atomic mass is 9.95. The third kappa shape index (κ3) is 3.76. The predicted molar refractivity (Wildman–Crippen MR) is 85.9 cm³/mol. The highest BCUT2D eigenvalue weighted by atomic mass is 16.4. The molecule has 1 aromatic rings. The van der Waals surface area contributed by atoms with Gasteiger partial charge in [-0.15, -0.1) is 0 Å². The number of unbranched alkanes of at least 4 members (excludes halogenated alkanes) is 1. The molecule has 0 fully saturated rings. The molecule has 1 heterocycles. The lowest BCUT2D eigenvalue weighted by molar-refractivity contribution is -0.144. The summed E-state index contributed by atoms with van der Waals surface area (Å²) in [6, 6.07) is 8.56. The van der Waals surface area contributed by atoms with Crippen LogP contribution in [-0.4, -0.2) is 36.2 Å². The number of carboxylic acids is 1. The first-order valence-corrected chi connectivity index (χ1v) is 7.88. The van der Waals surface area contributed by atoms with Gasteiger partial charge in [0.05, 0.1) is 0 Å². The Labute approximate surface area is 127 Å². The first-order chi connectivity index (χ1) is 10.1. The second kappa shape index (κ2) is 6.94. The van der Waals surface area contributed by atoms with Gasteiger partial charge in [0, 0.05) is 18.8 Å². The van der Waals surface area contributed by atoms with Gasteiger partial charge in [-0.3, -0.25) is 4.79 Å². The number of anilines is 1. The van der Waals surface area contributed by atoms with Crippen LogP contribution in [-0.2, 0) is 11.2 Å². The fraction of sp³-hybridized carbons (Fsp3) is 0.588. The molecule has 4 nitrogen and oxygen atoms in total. The summed E-state index contributed by atoms with van der Waals surface area (Å²) in [5, 5.41) is 12.4. The standard InChI is InChI=1S/C17H26N2O2/c1-3-18-17(2,16(20)21)11-6-7-12-19-13-10-14-8-4-5-9-15(14)19/h4-5,8-9,18H,3,6-7,10-13H2,1-2H3,(H,20,21). The number of hydrogen-bond donors (Lipinski definition) is 2. The van der Waals surface area contributed by atoms with Gasteiger partial charge in [-0.25, -0.2) is 0 Å². The van der Waals surface area contributed by atoms with E-state index in [-0.39, 0.29) is 0 Å². The Morgan fingerprint density at radius 2 is 2.14 bits per heavy atom. The van der Waals surface area contributed by atoms with Gasteiger partial charge in [0.1, 0.15) is 5.54 Å². The zero-order valence-corrected chi connectivity index (χ0v) is 13.1. The molecule has 1 atom stereocenters. The molecule has 21 heavy (non-hydrogen) atoms. The number of carboxylic acid groups (broad SMARTS) is 1. The van der Waals surface area contributed by atoms with Crippen LogP contribution in [0.25, 0.3) is 0 Å². The maximum Gasteiger partial charge on any atom is 0.323 e. The van der Waals surface area contributed by atoms with E-state index in [2.05, 4.69) is 34.5 Å². The molecule has 0 saturated heterocycles. The molecule has 4 heteroatoms. The number of hydrogen-bond acceptors (Lipinski definition) is 3. The highest BCUT2D eigenvalue weighted by molar-refractivity contribution is 5.78. The summed E-state index contributed by atoms with van der Waals surface area (Å²) in [5.74, 6) is -0.754. The van der Waals surface area contributed by atoms with Crippen LogP contribution in [0.3, 0.4) is 0 Å². The Kier molecular flexibility index (Phi) is 5.23. The zero-order chi connectivity index (χ0) is 15.3. The highest BCUT2D eigenvalue weighted by Gasteiger charge is 2.31. The summed E-state index contributed by atoms with van der Waals surface area (Å²) in [7, 11) is 0. The number of para-hydroxylation sites is 1. The van der Waals surface area contributed by atoms with Gasteiger partial charge in [0.2, 0.25) is 0 Å². The molecular formula is C17H26N2O2. The van der Waals surface area contributed by atoms with Crippen LogP contribution in [0.15, 0.2) is 24.3 Å². The number of likely N-dealkylation sites (N-methyl/N-ethyl adjacent to an activating group) is 1. The molecule has 0 bridgehead atoms. The molecule has 1 aromatic carbocycles. The fourth-order valence-electron chi connectivity index (χ4n) is 3.08. The van der Waals surface area contributed by atoms with Gasteiger partial charge in [-0.05, 0) is 50.8 Å². The van der Waals surface area contributed by atoms with Crippen LogP contribution >= 0.6 is 0 Å². The van der Waals surface area contributed by atoms with Crippen molar-refractivity contribution in [1.29, 1.82) is 0 Å². The van der Waals surface area contributed by atoms with Crippen LogP contribution in [0.4, 0.5) is 5.69 Å². The normalized spacial score (nSPS) is 16.6. The van der Waals surface area contributed by atoms with Gasteiger partial charge >= 0.3 is 5.97 Å². The minimum absolute atomic E-state index is 0.672. The van der Waals surface area contributed by atoms with Crippen molar-refractivity contribution < 1.29 is 9.90 Å². The molecule has 1 unspecified atom stereocenters. The number of benzene rings is 1. The second-order valence-corrected chi connectivity index (χ2v) is 5.99. The largest absolute Gasteiger partial charge is 0.480 e. The Hall–Kier alpha value is -1.55. The number of rotatable bonds is 8. The van der Waals surface area contributed by atoms with E-state index in [4.69, 9.17) is 0 Å². The minimum atomic E-state index is -0.794. The molecule has 1 aliphatic rings. The van der Waals surface area contributed by atoms with Crippen molar-refractivity contribution in [3.05, 3.63) is 29.8 Å². The third-order valence-electron chi connectivity index (χ3n) is 4.38. The van der Waals surface area contributed by atoms with Crippen molar-refractivity contribution in [3.63, 3.8) is 0 Å². The molecule has 2 N–H and O–H groups in total. The molecule has 0 spiro atoms. The lowest BCUT2D eigenvalue weighted by Crippen LogP contribution is -2.49. The fourth-order valence-corrected chi connectivity index (χ4v) is 3.08. The summed E-state index contributed by atoms with van der Waals surface area (Å²) < 4.78 is 0. The maximum absolute atomic E-state index is 11.4. The lowest BCUT2D eigenvalue weighted by Gasteiger charge is -2.26. The Balaban J connectivity index is 1.79. The monoisotopic (exact) mass is 290 g/mol. The minimum Gasteiger partial charge on any atom is -0.480 e. The van der Waals surface area contributed by atoms with E-state index < -0.39 is 11.5 Å². The molecule has 0 saturated carbocycles. The molecule has 0 aliphatic carbocycles. The molecule has 0 radical (unpaired) electrons. The molecule has 0 aromatic heterocycles. The smallest absolute Gasteiger partial charge is 0.323 e. The number of nitrogens with zero attached hydrogens (tertiary/aromatic N) is 1. The maximum atomic E-state index is 11.4. The van der Waals surface area contributed by atoms with E-state index in [0.29, 0.717) is 13.0 Å². The first-order valence-electron chi connectivity index (χ1n) is 7.88. The number of fused-ring (bicyclic) bond motifs is 1. The van der Waals surface area contributed by atoms with Gasteiger partial charge in [0.15, 0.2) is 0 Å². The molecule has 0 amide bonds. The van der Waals surface area contributed by atoms with Crippen LogP contribution in [0.1, 0.15) is 38.7 Å². The van der Waals surface area contributed by atoms with Gasteiger partial charge in [0.25, 0.3) is 0 Å². The summed E-state index contributed by atoms with van der Waals surface area (Å²) in [5.41, 5.74) is 1.99. The SMILES string of the molecule is CCNC(C)(CCCCN1CCc2ccccc21)C(=O)O. The Bertz CT molecular complexity index is 489. The van der Waals surface area contributed by atoms with E-state index in [1.165, 1.54) is 11.3 Å². The summed E-state index contributed by atoms with van der Waals surface area (Å²) in [6.07, 6.45) is 3.75. The van der Waals surface area contributed by atoms with Crippen molar-refractivity contribution in [3.8, 4) is 0 Å². The van der Waals surface area contributed by atoms with Crippen molar-refractivity contribution in [2.75, 3.05) is 24.5 Å². The Morgan fingerprint density at radius 3 is 2.86 bits per heavy atom. The second-order valence-electron chi connectivity index (χ2n) is 5.99.